The van der Waals surface area contributed by atoms with Gasteiger partial charge in [-0.3, -0.25) is 9.69 Å². The van der Waals surface area contributed by atoms with Gasteiger partial charge in [0, 0.05) is 38.5 Å². The lowest BCUT2D eigenvalue weighted by molar-refractivity contribution is -0.132. The van der Waals surface area contributed by atoms with Crippen molar-refractivity contribution in [1.29, 1.82) is 0 Å². The molecular weight excluding hydrogens is 332 g/mol. The van der Waals surface area contributed by atoms with Gasteiger partial charge in [-0.05, 0) is 43.5 Å². The van der Waals surface area contributed by atoms with Gasteiger partial charge in [-0.1, -0.05) is 12.1 Å². The standard InChI is InChI=1S/C20H28N2O4/c23-19(7-3-8-21-10-12-26-13-11-21)22-9-2-6-18(15-22)16-4-1-5-17(14-16)20(24)25/h1,4-5,14,18H,2-3,6-13,15H2,(H,24,25)/t18-/m1/s1. The minimum absolute atomic E-state index is 0.220. The normalized spacial score (nSPS) is 21.5. The Kier molecular flexibility index (Phi) is 6.63. The summed E-state index contributed by atoms with van der Waals surface area (Å²) in [6.07, 6.45) is 3.44. The second-order valence-corrected chi connectivity index (χ2v) is 7.17. The maximum atomic E-state index is 12.6. The Hall–Kier alpha value is -1.92. The predicted molar refractivity (Wildman–Crippen MR) is 98.4 cm³/mol. The fourth-order valence-corrected chi connectivity index (χ4v) is 3.84. The van der Waals surface area contributed by atoms with Gasteiger partial charge in [0.1, 0.15) is 0 Å². The first-order valence-electron chi connectivity index (χ1n) is 9.54. The molecule has 142 valence electrons. The lowest BCUT2D eigenvalue weighted by Gasteiger charge is -2.33. The summed E-state index contributed by atoms with van der Waals surface area (Å²) in [5, 5.41) is 9.18. The average molecular weight is 360 g/mol. The second-order valence-electron chi connectivity index (χ2n) is 7.17. The number of aromatic carboxylic acids is 1. The number of morpholine rings is 1. The Labute approximate surface area is 154 Å². The SMILES string of the molecule is O=C(O)c1cccc([C@@H]2CCCN(C(=O)CCCN3CCOCC3)C2)c1. The van der Waals surface area contributed by atoms with Crippen LogP contribution in [-0.4, -0.2) is 72.7 Å². The minimum atomic E-state index is -0.904. The highest BCUT2D eigenvalue weighted by Crippen LogP contribution is 2.28. The number of carboxylic acids is 1. The molecule has 0 saturated carbocycles. The van der Waals surface area contributed by atoms with Crippen molar-refractivity contribution < 1.29 is 19.4 Å². The molecule has 2 fully saturated rings. The van der Waals surface area contributed by atoms with Crippen LogP contribution in [0.4, 0.5) is 0 Å². The van der Waals surface area contributed by atoms with E-state index in [0.29, 0.717) is 18.5 Å². The molecule has 6 nitrogen and oxygen atoms in total. The number of piperidine rings is 1. The molecule has 1 aromatic carbocycles. The third-order valence-corrected chi connectivity index (χ3v) is 5.35. The number of ether oxygens (including phenoxy) is 1. The summed E-state index contributed by atoms with van der Waals surface area (Å²) in [5.41, 5.74) is 1.34. The van der Waals surface area contributed by atoms with Gasteiger partial charge in [-0.2, -0.15) is 0 Å². The van der Waals surface area contributed by atoms with Crippen molar-refractivity contribution >= 4 is 11.9 Å². The largest absolute Gasteiger partial charge is 0.478 e. The van der Waals surface area contributed by atoms with Gasteiger partial charge in [-0.25, -0.2) is 4.79 Å². The molecule has 0 radical (unpaired) electrons. The summed E-state index contributed by atoms with van der Waals surface area (Å²) < 4.78 is 5.35. The van der Waals surface area contributed by atoms with Crippen LogP contribution in [0.3, 0.4) is 0 Å². The molecule has 2 aliphatic rings. The Bertz CT molecular complexity index is 628. The Morgan fingerprint density at radius 1 is 1.19 bits per heavy atom. The van der Waals surface area contributed by atoms with E-state index in [1.807, 2.05) is 11.0 Å². The lowest BCUT2D eigenvalue weighted by atomic mass is 9.89. The molecule has 0 bridgehead atoms. The van der Waals surface area contributed by atoms with Crippen LogP contribution in [0.25, 0.3) is 0 Å². The number of nitrogens with zero attached hydrogens (tertiary/aromatic N) is 2. The van der Waals surface area contributed by atoms with Gasteiger partial charge >= 0.3 is 5.97 Å². The van der Waals surface area contributed by atoms with Crippen LogP contribution in [0.2, 0.25) is 0 Å². The molecule has 1 amide bonds. The predicted octanol–water partition coefficient (Wildman–Crippen LogP) is 2.20. The maximum absolute atomic E-state index is 12.6. The van der Waals surface area contributed by atoms with Gasteiger partial charge in [0.2, 0.25) is 5.91 Å². The topological polar surface area (TPSA) is 70.1 Å². The van der Waals surface area contributed by atoms with Gasteiger partial charge in [-0.15, -0.1) is 0 Å². The van der Waals surface area contributed by atoms with E-state index in [9.17, 15) is 14.7 Å². The molecule has 0 unspecified atom stereocenters. The minimum Gasteiger partial charge on any atom is -0.478 e. The van der Waals surface area contributed by atoms with E-state index in [0.717, 1.165) is 64.2 Å². The fraction of sp³-hybridized carbons (Fsp3) is 0.600. The van der Waals surface area contributed by atoms with Crippen molar-refractivity contribution in [1.82, 2.24) is 9.80 Å². The van der Waals surface area contributed by atoms with E-state index in [-0.39, 0.29) is 11.8 Å². The number of benzene rings is 1. The smallest absolute Gasteiger partial charge is 0.335 e. The molecular formula is C20H28N2O4. The lowest BCUT2D eigenvalue weighted by Crippen LogP contribution is -2.40. The molecule has 0 spiro atoms. The number of carbonyl (C=O) groups excluding carboxylic acids is 1. The number of likely N-dealkylation sites (tertiary alicyclic amines) is 1. The number of carboxylic acid groups (broad SMARTS) is 1. The monoisotopic (exact) mass is 360 g/mol. The summed E-state index contributed by atoms with van der Waals surface area (Å²) >= 11 is 0. The Morgan fingerprint density at radius 2 is 2.00 bits per heavy atom. The van der Waals surface area contributed by atoms with E-state index in [4.69, 9.17) is 4.74 Å². The molecule has 1 atom stereocenters. The van der Waals surface area contributed by atoms with Crippen LogP contribution >= 0.6 is 0 Å². The number of rotatable bonds is 6. The molecule has 2 saturated heterocycles. The number of amides is 1. The summed E-state index contributed by atoms with van der Waals surface area (Å²) in [6.45, 7) is 5.95. The molecule has 2 heterocycles. The zero-order chi connectivity index (χ0) is 18.4. The number of carbonyl (C=O) groups is 2. The van der Waals surface area contributed by atoms with Gasteiger partial charge < -0.3 is 14.7 Å². The van der Waals surface area contributed by atoms with Crippen LogP contribution in [0.1, 0.15) is 47.5 Å². The summed E-state index contributed by atoms with van der Waals surface area (Å²) in [6, 6.07) is 7.13. The zero-order valence-corrected chi connectivity index (χ0v) is 15.2. The molecule has 2 aliphatic heterocycles. The van der Waals surface area contributed by atoms with Crippen LogP contribution in [-0.2, 0) is 9.53 Å². The van der Waals surface area contributed by atoms with Crippen LogP contribution < -0.4 is 0 Å². The average Bonchev–Trinajstić information content (AvgIpc) is 2.69. The maximum Gasteiger partial charge on any atom is 0.335 e. The van der Waals surface area contributed by atoms with Crippen LogP contribution in [0.5, 0.6) is 0 Å². The van der Waals surface area contributed by atoms with Gasteiger partial charge in [0.25, 0.3) is 0 Å². The van der Waals surface area contributed by atoms with Crippen molar-refractivity contribution in [2.75, 3.05) is 45.9 Å². The third-order valence-electron chi connectivity index (χ3n) is 5.35. The summed E-state index contributed by atoms with van der Waals surface area (Å²) in [5.74, 6) is -0.456. The zero-order valence-electron chi connectivity index (χ0n) is 15.2. The Balaban J connectivity index is 1.50. The van der Waals surface area contributed by atoms with Crippen LogP contribution in [0, 0.1) is 0 Å². The number of hydrogen-bond donors (Lipinski definition) is 1. The van der Waals surface area contributed by atoms with Crippen molar-refractivity contribution in [3.63, 3.8) is 0 Å². The summed E-state index contributed by atoms with van der Waals surface area (Å²) in [7, 11) is 0. The van der Waals surface area contributed by atoms with Crippen LogP contribution in [0.15, 0.2) is 24.3 Å². The first kappa shape index (κ1) is 18.9. The van der Waals surface area contributed by atoms with E-state index in [1.165, 1.54) is 0 Å². The quantitative estimate of drug-likeness (QED) is 0.842. The first-order valence-corrected chi connectivity index (χ1v) is 9.54. The molecule has 0 aromatic heterocycles. The first-order chi connectivity index (χ1) is 12.6. The van der Waals surface area contributed by atoms with Crippen molar-refractivity contribution in [3.05, 3.63) is 35.4 Å². The summed E-state index contributed by atoms with van der Waals surface area (Å²) in [4.78, 5) is 28.1. The van der Waals surface area contributed by atoms with Crippen molar-refractivity contribution in [3.8, 4) is 0 Å². The highest BCUT2D eigenvalue weighted by atomic mass is 16.5. The molecule has 3 rings (SSSR count). The van der Waals surface area contributed by atoms with E-state index >= 15 is 0 Å². The molecule has 26 heavy (non-hydrogen) atoms. The third kappa shape index (κ3) is 5.05. The number of hydrogen-bond acceptors (Lipinski definition) is 4. The highest BCUT2D eigenvalue weighted by Gasteiger charge is 2.25. The van der Waals surface area contributed by atoms with E-state index < -0.39 is 5.97 Å². The highest BCUT2D eigenvalue weighted by molar-refractivity contribution is 5.87. The van der Waals surface area contributed by atoms with E-state index in [1.54, 1.807) is 18.2 Å². The molecule has 1 N–H and O–H groups in total. The molecule has 1 aromatic rings. The van der Waals surface area contributed by atoms with Crippen molar-refractivity contribution in [2.45, 2.75) is 31.6 Å². The Morgan fingerprint density at radius 3 is 2.77 bits per heavy atom. The van der Waals surface area contributed by atoms with Gasteiger partial charge in [0.05, 0.1) is 18.8 Å². The second kappa shape index (κ2) is 9.14. The fourth-order valence-electron chi connectivity index (χ4n) is 3.84. The van der Waals surface area contributed by atoms with E-state index in [2.05, 4.69) is 4.90 Å². The van der Waals surface area contributed by atoms with Gasteiger partial charge in [0.15, 0.2) is 0 Å². The molecule has 0 aliphatic carbocycles. The molecule has 6 heteroatoms. The van der Waals surface area contributed by atoms with Crippen molar-refractivity contribution in [2.24, 2.45) is 0 Å².